The van der Waals surface area contributed by atoms with Crippen LogP contribution >= 0.6 is 11.8 Å². The van der Waals surface area contributed by atoms with E-state index in [4.69, 9.17) is 5.26 Å². The first-order chi connectivity index (χ1) is 6.88. The lowest BCUT2D eigenvalue weighted by Crippen LogP contribution is -2.37. The largest absolute Gasteiger partial charge is 0.254 e. The number of aromatic nitrogens is 2. The fourth-order valence-corrected chi connectivity index (χ4v) is 1.73. The van der Waals surface area contributed by atoms with E-state index in [0.717, 1.165) is 25.1 Å². The molecule has 1 rings (SSSR count). The number of nitrogens with zero attached hydrogens (tertiary/aromatic N) is 2. The van der Waals surface area contributed by atoms with Gasteiger partial charge in [0.25, 0.3) is 5.82 Å². The summed E-state index contributed by atoms with van der Waals surface area (Å²) in [5.74, 6) is 2.36. The normalized spacial score (nSPS) is 10.0. The summed E-state index contributed by atoms with van der Waals surface area (Å²) in [6.07, 6.45) is 8.69. The highest BCUT2D eigenvalue weighted by molar-refractivity contribution is 7.98. The third-order valence-electron chi connectivity index (χ3n) is 2.09. The number of imidazole rings is 1. The summed E-state index contributed by atoms with van der Waals surface area (Å²) in [4.78, 5) is 3.22. The van der Waals surface area contributed by atoms with E-state index in [1.54, 1.807) is 0 Å². The smallest absolute Gasteiger partial charge is 0.248 e. The van der Waals surface area contributed by atoms with Crippen molar-refractivity contribution in [1.82, 2.24) is 4.98 Å². The molecule has 0 saturated heterocycles. The van der Waals surface area contributed by atoms with Gasteiger partial charge in [-0.2, -0.15) is 17.0 Å². The predicted octanol–water partition coefficient (Wildman–Crippen LogP) is 1.51. The van der Waals surface area contributed by atoms with Crippen LogP contribution in [0.15, 0.2) is 12.4 Å². The van der Waals surface area contributed by atoms with Crippen LogP contribution in [0.25, 0.3) is 0 Å². The molecule has 1 heterocycles. The number of nitriles is 1. The number of rotatable bonds is 6. The molecule has 1 N–H and O–H groups in total. The lowest BCUT2D eigenvalue weighted by Gasteiger charge is -1.98. The standard InChI is InChI=1S/C10H15N3S/c1-14-9-8-13-7-6-12-10(13)4-2-3-5-11/h6-7H,2-4,8-9H2,1H3/p+1. The van der Waals surface area contributed by atoms with Gasteiger partial charge >= 0.3 is 0 Å². The van der Waals surface area contributed by atoms with E-state index in [0.29, 0.717) is 6.42 Å². The van der Waals surface area contributed by atoms with Gasteiger partial charge in [-0.15, -0.1) is 0 Å². The van der Waals surface area contributed by atoms with Gasteiger partial charge in [-0.3, -0.25) is 0 Å². The molecule has 0 amide bonds. The minimum Gasteiger partial charge on any atom is -0.248 e. The number of thioether (sulfide) groups is 1. The van der Waals surface area contributed by atoms with E-state index in [1.165, 1.54) is 5.82 Å². The SMILES string of the molecule is CSCC[n+]1cc[nH]c1CCCC#N. The fourth-order valence-electron chi connectivity index (χ4n) is 1.35. The highest BCUT2D eigenvalue weighted by atomic mass is 32.2. The Morgan fingerprint density at radius 2 is 2.50 bits per heavy atom. The van der Waals surface area contributed by atoms with E-state index in [-0.39, 0.29) is 0 Å². The Bertz CT molecular complexity index is 301. The molecule has 0 saturated carbocycles. The van der Waals surface area contributed by atoms with E-state index in [1.807, 2.05) is 18.0 Å². The highest BCUT2D eigenvalue weighted by Gasteiger charge is 2.08. The monoisotopic (exact) mass is 210 g/mol. The van der Waals surface area contributed by atoms with Crippen molar-refractivity contribution >= 4 is 11.8 Å². The number of hydrogen-bond donors (Lipinski definition) is 1. The molecule has 0 aliphatic heterocycles. The molecule has 0 aliphatic rings. The second-order valence-corrected chi connectivity index (χ2v) is 4.09. The van der Waals surface area contributed by atoms with E-state index >= 15 is 0 Å². The number of nitrogens with one attached hydrogen (secondary N) is 1. The molecule has 1 aromatic rings. The van der Waals surface area contributed by atoms with Gasteiger partial charge in [-0.25, -0.2) is 9.55 Å². The third kappa shape index (κ3) is 3.43. The number of aryl methyl sites for hydroxylation is 2. The molecule has 0 spiro atoms. The van der Waals surface area contributed by atoms with Gasteiger partial charge in [0.2, 0.25) is 0 Å². The first-order valence-electron chi connectivity index (χ1n) is 4.80. The van der Waals surface area contributed by atoms with Crippen molar-refractivity contribution in [2.45, 2.75) is 25.8 Å². The summed E-state index contributed by atoms with van der Waals surface area (Å²) in [5, 5.41) is 8.44. The number of H-pyrrole nitrogens is 1. The van der Waals surface area contributed by atoms with Gasteiger partial charge in [0.05, 0.1) is 19.0 Å². The molecule has 3 nitrogen and oxygen atoms in total. The number of hydrogen-bond acceptors (Lipinski definition) is 2. The predicted molar refractivity (Wildman–Crippen MR) is 57.9 cm³/mol. The van der Waals surface area contributed by atoms with Crippen molar-refractivity contribution in [3.8, 4) is 6.07 Å². The van der Waals surface area contributed by atoms with Gasteiger partial charge in [-0.1, -0.05) is 0 Å². The first-order valence-corrected chi connectivity index (χ1v) is 6.19. The summed E-state index contributed by atoms with van der Waals surface area (Å²) in [5.41, 5.74) is 0. The molecule has 0 bridgehead atoms. The molecule has 4 heteroatoms. The molecule has 14 heavy (non-hydrogen) atoms. The minimum atomic E-state index is 0.640. The maximum absolute atomic E-state index is 8.44. The molecule has 0 radical (unpaired) electrons. The Morgan fingerprint density at radius 3 is 3.21 bits per heavy atom. The Balaban J connectivity index is 2.42. The van der Waals surface area contributed by atoms with Crippen molar-refractivity contribution in [3.05, 3.63) is 18.2 Å². The molecule has 0 fully saturated rings. The zero-order valence-electron chi connectivity index (χ0n) is 8.49. The highest BCUT2D eigenvalue weighted by Crippen LogP contribution is 1.98. The summed E-state index contributed by atoms with van der Waals surface area (Å²) in [7, 11) is 0. The third-order valence-corrected chi connectivity index (χ3v) is 2.68. The van der Waals surface area contributed by atoms with Crippen molar-refractivity contribution in [3.63, 3.8) is 0 Å². The molecule has 0 unspecified atom stereocenters. The lowest BCUT2D eigenvalue weighted by atomic mass is 10.2. The van der Waals surface area contributed by atoms with Gasteiger partial charge in [-0.05, 0) is 12.7 Å². The van der Waals surface area contributed by atoms with Gasteiger partial charge in [0.15, 0.2) is 0 Å². The summed E-state index contributed by atoms with van der Waals surface area (Å²) in [6.45, 7) is 1.05. The van der Waals surface area contributed by atoms with Crippen LogP contribution in [-0.4, -0.2) is 17.0 Å². The quantitative estimate of drug-likeness (QED) is 0.571. The van der Waals surface area contributed by atoms with Crippen LogP contribution in [0.5, 0.6) is 0 Å². The van der Waals surface area contributed by atoms with Crippen LogP contribution in [0.4, 0.5) is 0 Å². The molecule has 0 aliphatic carbocycles. The molecule has 0 aromatic carbocycles. The Morgan fingerprint density at radius 1 is 1.64 bits per heavy atom. The second kappa shape index (κ2) is 6.50. The van der Waals surface area contributed by atoms with Crippen LogP contribution in [0.1, 0.15) is 18.7 Å². The first kappa shape index (κ1) is 11.1. The Hall–Kier alpha value is -0.950. The van der Waals surface area contributed by atoms with Crippen molar-refractivity contribution in [2.24, 2.45) is 0 Å². The Labute approximate surface area is 89.1 Å². The summed E-state index contributed by atoms with van der Waals surface area (Å²) < 4.78 is 2.23. The molecular formula is C10H16N3S+. The van der Waals surface area contributed by atoms with Gasteiger partial charge in [0, 0.05) is 12.2 Å². The van der Waals surface area contributed by atoms with Crippen molar-refractivity contribution < 1.29 is 4.57 Å². The minimum absolute atomic E-state index is 0.640. The van der Waals surface area contributed by atoms with E-state index in [9.17, 15) is 0 Å². The van der Waals surface area contributed by atoms with Crippen LogP contribution in [0.2, 0.25) is 0 Å². The molecular weight excluding hydrogens is 194 g/mol. The van der Waals surface area contributed by atoms with Crippen molar-refractivity contribution in [2.75, 3.05) is 12.0 Å². The average Bonchev–Trinajstić information content (AvgIpc) is 2.63. The zero-order valence-corrected chi connectivity index (χ0v) is 9.31. The lowest BCUT2D eigenvalue weighted by molar-refractivity contribution is -0.698. The second-order valence-electron chi connectivity index (χ2n) is 3.10. The fraction of sp³-hybridized carbons (Fsp3) is 0.600. The van der Waals surface area contributed by atoms with E-state index < -0.39 is 0 Å². The van der Waals surface area contributed by atoms with Gasteiger partial charge < -0.3 is 0 Å². The van der Waals surface area contributed by atoms with Crippen LogP contribution < -0.4 is 4.57 Å². The van der Waals surface area contributed by atoms with Crippen molar-refractivity contribution in [1.29, 1.82) is 5.26 Å². The van der Waals surface area contributed by atoms with Crippen LogP contribution in [-0.2, 0) is 13.0 Å². The number of unbranched alkanes of at least 4 members (excludes halogenated alkanes) is 1. The summed E-state index contributed by atoms with van der Waals surface area (Å²) in [6, 6.07) is 2.17. The number of aromatic amines is 1. The maximum atomic E-state index is 8.44. The molecule has 0 atom stereocenters. The van der Waals surface area contributed by atoms with Crippen LogP contribution in [0, 0.1) is 11.3 Å². The molecule has 76 valence electrons. The average molecular weight is 210 g/mol. The molecule has 1 aromatic heterocycles. The van der Waals surface area contributed by atoms with Crippen LogP contribution in [0.3, 0.4) is 0 Å². The Kier molecular flexibility index (Phi) is 5.16. The van der Waals surface area contributed by atoms with Gasteiger partial charge in [0.1, 0.15) is 12.4 Å². The summed E-state index contributed by atoms with van der Waals surface area (Å²) >= 11 is 1.85. The van der Waals surface area contributed by atoms with E-state index in [2.05, 4.69) is 28.1 Å². The topological polar surface area (TPSA) is 43.5 Å². The zero-order chi connectivity index (χ0) is 10.2. The maximum Gasteiger partial charge on any atom is 0.254 e.